The van der Waals surface area contributed by atoms with Gasteiger partial charge in [-0.2, -0.15) is 0 Å². The molecule has 26 heavy (non-hydrogen) atoms. The lowest BCUT2D eigenvalue weighted by molar-refractivity contribution is -0.126. The highest BCUT2D eigenvalue weighted by molar-refractivity contribution is 5.92. The summed E-state index contributed by atoms with van der Waals surface area (Å²) < 4.78 is 29.1. The molecule has 2 aromatic rings. The molecule has 0 saturated heterocycles. The van der Waals surface area contributed by atoms with Crippen molar-refractivity contribution in [2.45, 2.75) is 50.4 Å². The number of rotatable bonds is 6. The summed E-state index contributed by atoms with van der Waals surface area (Å²) in [5.41, 5.74) is 0.978. The van der Waals surface area contributed by atoms with Gasteiger partial charge in [-0.15, -0.1) is 0 Å². The van der Waals surface area contributed by atoms with Crippen LogP contribution in [0.1, 0.15) is 61.5 Å². The highest BCUT2D eigenvalue weighted by Gasteiger charge is 2.43. The Morgan fingerprint density at radius 3 is 1.42 bits per heavy atom. The minimum absolute atomic E-state index is 0.00889. The molecule has 1 nitrogen and oxygen atoms in total. The molecule has 0 N–H and O–H groups in total. The van der Waals surface area contributed by atoms with Gasteiger partial charge >= 0.3 is 0 Å². The first-order valence-electron chi connectivity index (χ1n) is 9.69. The lowest BCUT2D eigenvalue weighted by Crippen LogP contribution is -2.36. The number of Topliss-reactive ketones (excluding diaryl/α,β-unsaturated/α-hetero) is 1. The summed E-state index contributed by atoms with van der Waals surface area (Å²) in [4.78, 5) is 13.7. The van der Waals surface area contributed by atoms with Crippen molar-refractivity contribution in [2.75, 3.05) is 0 Å². The zero-order valence-corrected chi connectivity index (χ0v) is 14.8. The second-order valence-electron chi connectivity index (χ2n) is 7.78. The Labute approximate surface area is 153 Å². The van der Waals surface area contributed by atoms with Crippen LogP contribution < -0.4 is 0 Å². The smallest absolute Gasteiger partial charge is 0.148 e. The molecule has 0 aromatic heterocycles. The maximum atomic E-state index is 14.5. The van der Waals surface area contributed by atoms with Crippen molar-refractivity contribution >= 4 is 5.78 Å². The predicted molar refractivity (Wildman–Crippen MR) is 98.0 cm³/mol. The third-order valence-electron chi connectivity index (χ3n) is 6.34. The lowest BCUT2D eigenvalue weighted by atomic mass is 9.63. The third-order valence-corrected chi connectivity index (χ3v) is 6.34. The number of benzene rings is 2. The van der Waals surface area contributed by atoms with Gasteiger partial charge in [0, 0.05) is 11.8 Å². The van der Waals surface area contributed by atoms with Crippen LogP contribution >= 0.6 is 0 Å². The zero-order chi connectivity index (χ0) is 18.1. The maximum absolute atomic E-state index is 14.5. The number of carbonyl (C=O) groups excluding carboxylic acids is 1. The maximum Gasteiger partial charge on any atom is 0.148 e. The molecular formula is C23H24F2O. The van der Waals surface area contributed by atoms with Crippen LogP contribution in [0.3, 0.4) is 0 Å². The Morgan fingerprint density at radius 1 is 0.731 bits per heavy atom. The van der Waals surface area contributed by atoms with Crippen LogP contribution in [0.5, 0.6) is 0 Å². The monoisotopic (exact) mass is 354 g/mol. The number of hydrogen-bond acceptors (Lipinski definition) is 1. The van der Waals surface area contributed by atoms with Gasteiger partial charge < -0.3 is 0 Å². The molecule has 0 aliphatic heterocycles. The molecule has 2 fully saturated rings. The highest BCUT2D eigenvalue weighted by atomic mass is 19.1. The Morgan fingerprint density at radius 2 is 1.12 bits per heavy atom. The van der Waals surface area contributed by atoms with E-state index in [9.17, 15) is 13.6 Å². The average Bonchev–Trinajstić information content (AvgIpc) is 2.55. The van der Waals surface area contributed by atoms with Crippen LogP contribution in [0.25, 0.3) is 0 Å². The first-order valence-corrected chi connectivity index (χ1v) is 9.69. The van der Waals surface area contributed by atoms with Crippen LogP contribution in [0.15, 0.2) is 48.5 Å². The lowest BCUT2D eigenvalue weighted by Gasteiger charge is -2.39. The molecule has 2 atom stereocenters. The van der Waals surface area contributed by atoms with Crippen LogP contribution in [0.4, 0.5) is 8.78 Å². The van der Waals surface area contributed by atoms with E-state index in [0.29, 0.717) is 11.1 Å². The molecule has 0 radical (unpaired) electrons. The highest BCUT2D eigenvalue weighted by Crippen LogP contribution is 2.48. The van der Waals surface area contributed by atoms with E-state index < -0.39 is 11.8 Å². The fourth-order valence-electron chi connectivity index (χ4n) is 4.47. The van der Waals surface area contributed by atoms with Gasteiger partial charge in [0.25, 0.3) is 0 Å². The van der Waals surface area contributed by atoms with Crippen LogP contribution in [0.2, 0.25) is 0 Å². The van der Waals surface area contributed by atoms with E-state index in [2.05, 4.69) is 0 Å². The summed E-state index contributed by atoms with van der Waals surface area (Å²) in [7, 11) is 0. The summed E-state index contributed by atoms with van der Waals surface area (Å²) in [5.74, 6) is -1.21. The third kappa shape index (κ3) is 3.08. The Hall–Kier alpha value is -2.03. The van der Waals surface area contributed by atoms with Gasteiger partial charge in [-0.3, -0.25) is 4.79 Å². The number of hydrogen-bond donors (Lipinski definition) is 0. The summed E-state index contributed by atoms with van der Waals surface area (Å²) in [6, 6.07) is 13.2. The van der Waals surface area contributed by atoms with E-state index in [1.54, 1.807) is 36.4 Å². The molecule has 2 saturated carbocycles. The summed E-state index contributed by atoms with van der Waals surface area (Å²) >= 11 is 0. The van der Waals surface area contributed by atoms with Gasteiger partial charge in [0.1, 0.15) is 17.4 Å². The number of ketones is 1. The Balaban J connectivity index is 1.75. The molecule has 0 amide bonds. The molecule has 136 valence electrons. The van der Waals surface area contributed by atoms with Crippen LogP contribution in [-0.4, -0.2) is 5.78 Å². The van der Waals surface area contributed by atoms with E-state index in [4.69, 9.17) is 0 Å². The zero-order valence-electron chi connectivity index (χ0n) is 14.8. The van der Waals surface area contributed by atoms with Crippen molar-refractivity contribution in [2.24, 2.45) is 11.8 Å². The second kappa shape index (κ2) is 7.30. The molecule has 0 bridgehead atoms. The first kappa shape index (κ1) is 17.4. The van der Waals surface area contributed by atoms with Crippen molar-refractivity contribution in [3.05, 3.63) is 71.3 Å². The SMILES string of the molecule is O=C(C(c1ccccc1F)C1CCC1)C(c1ccccc1F)C1CCC1. The van der Waals surface area contributed by atoms with E-state index >= 15 is 0 Å². The van der Waals surface area contributed by atoms with Gasteiger partial charge in [-0.05, 0) is 60.8 Å². The number of halogens is 2. The van der Waals surface area contributed by atoms with Crippen molar-refractivity contribution in [3.63, 3.8) is 0 Å². The molecule has 4 rings (SSSR count). The van der Waals surface area contributed by atoms with E-state index in [1.807, 2.05) is 0 Å². The van der Waals surface area contributed by atoms with Crippen molar-refractivity contribution < 1.29 is 13.6 Å². The molecule has 3 heteroatoms. The molecule has 2 aromatic carbocycles. The molecule has 2 unspecified atom stereocenters. The van der Waals surface area contributed by atoms with Crippen molar-refractivity contribution in [1.29, 1.82) is 0 Å². The van der Waals surface area contributed by atoms with E-state index in [-0.39, 0.29) is 29.3 Å². The standard InChI is InChI=1S/C23H24F2O/c24-19-13-3-1-11-17(19)21(15-7-5-8-15)23(26)22(16-9-6-10-16)18-12-2-4-14-20(18)25/h1-4,11-16,21-22H,5-10H2. The summed E-state index contributed by atoms with van der Waals surface area (Å²) in [6.07, 6.45) is 5.94. The van der Waals surface area contributed by atoms with Gasteiger partial charge in [0.05, 0.1) is 0 Å². The minimum Gasteiger partial charge on any atom is -0.298 e. The summed E-state index contributed by atoms with van der Waals surface area (Å²) in [5, 5.41) is 0. The summed E-state index contributed by atoms with van der Waals surface area (Å²) in [6.45, 7) is 0. The molecular weight excluding hydrogens is 330 g/mol. The van der Waals surface area contributed by atoms with Gasteiger partial charge in [0.2, 0.25) is 0 Å². The van der Waals surface area contributed by atoms with Gasteiger partial charge in [-0.1, -0.05) is 49.2 Å². The predicted octanol–water partition coefficient (Wildman–Crippen LogP) is 6.00. The minimum atomic E-state index is -0.463. The van der Waals surface area contributed by atoms with Crippen LogP contribution in [0, 0.1) is 23.5 Å². The molecule has 2 aliphatic carbocycles. The normalized spacial score (nSPS) is 20.1. The largest absolute Gasteiger partial charge is 0.298 e. The van der Waals surface area contributed by atoms with Gasteiger partial charge in [0.15, 0.2) is 0 Å². The van der Waals surface area contributed by atoms with E-state index in [0.717, 1.165) is 38.5 Å². The fourth-order valence-corrected chi connectivity index (χ4v) is 4.47. The second-order valence-corrected chi connectivity index (χ2v) is 7.78. The van der Waals surface area contributed by atoms with Crippen molar-refractivity contribution in [1.82, 2.24) is 0 Å². The molecule has 2 aliphatic rings. The molecule has 0 spiro atoms. The quantitative estimate of drug-likeness (QED) is 0.621. The Bertz CT molecular complexity index is 727. The first-order chi connectivity index (χ1) is 12.7. The average molecular weight is 354 g/mol. The Kier molecular flexibility index (Phi) is 4.88. The van der Waals surface area contributed by atoms with E-state index in [1.165, 1.54) is 12.1 Å². The van der Waals surface area contributed by atoms with Gasteiger partial charge in [-0.25, -0.2) is 8.78 Å². The molecule has 0 heterocycles. The fraction of sp³-hybridized carbons (Fsp3) is 0.435. The van der Waals surface area contributed by atoms with Crippen molar-refractivity contribution in [3.8, 4) is 0 Å². The number of carbonyl (C=O) groups is 1. The topological polar surface area (TPSA) is 17.1 Å². The van der Waals surface area contributed by atoms with Crippen LogP contribution in [-0.2, 0) is 4.79 Å².